The van der Waals surface area contributed by atoms with Crippen molar-refractivity contribution in [3.05, 3.63) is 11.6 Å². The third-order valence-electron chi connectivity index (χ3n) is 8.91. The van der Waals surface area contributed by atoms with Gasteiger partial charge < -0.3 is 15.3 Å². The molecule has 0 spiro atoms. The summed E-state index contributed by atoms with van der Waals surface area (Å²) < 4.78 is 0. The van der Waals surface area contributed by atoms with Crippen molar-refractivity contribution in [2.45, 2.75) is 89.9 Å². The van der Waals surface area contributed by atoms with E-state index in [9.17, 15) is 15.3 Å². The molecule has 4 rings (SSSR count). The molecule has 0 saturated heterocycles. The Morgan fingerprint density at radius 1 is 1.12 bits per heavy atom. The summed E-state index contributed by atoms with van der Waals surface area (Å²) in [5.74, 6) is 1.67. The van der Waals surface area contributed by atoms with E-state index in [0.29, 0.717) is 17.8 Å². The first-order valence-corrected chi connectivity index (χ1v) is 10.0. The zero-order valence-corrected chi connectivity index (χ0v) is 15.5. The van der Waals surface area contributed by atoms with Crippen molar-refractivity contribution in [2.75, 3.05) is 0 Å². The lowest BCUT2D eigenvalue weighted by Gasteiger charge is -2.57. The second-order valence-corrected chi connectivity index (χ2v) is 9.75. The van der Waals surface area contributed by atoms with E-state index in [-0.39, 0.29) is 16.9 Å². The fourth-order valence-electron chi connectivity index (χ4n) is 7.24. The van der Waals surface area contributed by atoms with E-state index in [0.717, 1.165) is 38.5 Å². The van der Waals surface area contributed by atoms with E-state index in [4.69, 9.17) is 0 Å². The van der Waals surface area contributed by atoms with Gasteiger partial charge >= 0.3 is 0 Å². The molecule has 3 heteroatoms. The van der Waals surface area contributed by atoms with Crippen molar-refractivity contribution in [3.63, 3.8) is 0 Å². The Bertz CT molecular complexity index is 555. The molecule has 0 aliphatic heterocycles. The smallest absolute Gasteiger partial charge is 0.0961 e. The normalized spacial score (nSPS) is 55.2. The predicted molar refractivity (Wildman–Crippen MR) is 94.3 cm³/mol. The molecule has 3 fully saturated rings. The van der Waals surface area contributed by atoms with Gasteiger partial charge in [-0.3, -0.25) is 0 Å². The maximum atomic E-state index is 11.2. The maximum Gasteiger partial charge on any atom is 0.0961 e. The van der Waals surface area contributed by atoms with Crippen LogP contribution in [0, 0.1) is 28.6 Å². The Labute approximate surface area is 146 Å². The lowest BCUT2D eigenvalue weighted by atomic mass is 9.48. The second kappa shape index (κ2) is 5.31. The standard InChI is InChI=1S/C21H34O3/c1-13(22)21(24)11-8-18-16-5-4-14-12-15(23)6-9-19(14,2)17(16)7-10-20(18,21)3/h7,13-16,18,22-24H,4-6,8-12H2,1-3H3/t13?,14-,15-,16+,18-,19-,20-,21-/m0/s1. The Morgan fingerprint density at radius 2 is 1.88 bits per heavy atom. The highest BCUT2D eigenvalue weighted by Gasteiger charge is 2.63. The molecule has 136 valence electrons. The number of aliphatic hydroxyl groups is 3. The quantitative estimate of drug-likeness (QED) is 0.644. The first-order chi connectivity index (χ1) is 11.2. The van der Waals surface area contributed by atoms with Crippen LogP contribution in [0.3, 0.4) is 0 Å². The van der Waals surface area contributed by atoms with Gasteiger partial charge in [0.25, 0.3) is 0 Å². The van der Waals surface area contributed by atoms with Crippen molar-refractivity contribution in [1.82, 2.24) is 0 Å². The summed E-state index contributed by atoms with van der Waals surface area (Å²) in [5.41, 5.74) is 0.727. The highest BCUT2D eigenvalue weighted by Crippen LogP contribution is 2.66. The van der Waals surface area contributed by atoms with Crippen molar-refractivity contribution >= 4 is 0 Å². The van der Waals surface area contributed by atoms with Gasteiger partial charge in [0.15, 0.2) is 0 Å². The van der Waals surface area contributed by atoms with Gasteiger partial charge in [0, 0.05) is 5.41 Å². The Morgan fingerprint density at radius 3 is 2.58 bits per heavy atom. The Hall–Kier alpha value is -0.380. The topological polar surface area (TPSA) is 60.7 Å². The monoisotopic (exact) mass is 334 g/mol. The summed E-state index contributed by atoms with van der Waals surface area (Å²) >= 11 is 0. The van der Waals surface area contributed by atoms with Crippen molar-refractivity contribution < 1.29 is 15.3 Å². The maximum absolute atomic E-state index is 11.2. The molecule has 0 radical (unpaired) electrons. The number of aliphatic hydroxyl groups excluding tert-OH is 2. The highest BCUT2D eigenvalue weighted by molar-refractivity contribution is 5.30. The zero-order chi connectivity index (χ0) is 17.3. The SMILES string of the molecule is CC(O)[C@@]1(O)CC[C@H]2[C@@H]3CC[C@H]4C[C@@H](O)CC[C@]4(C)C3=CC[C@@]21C. The minimum atomic E-state index is -0.944. The van der Waals surface area contributed by atoms with Crippen LogP contribution in [0.1, 0.15) is 72.1 Å². The molecule has 3 saturated carbocycles. The van der Waals surface area contributed by atoms with Crippen LogP contribution in [-0.4, -0.2) is 33.1 Å². The number of hydrogen-bond acceptors (Lipinski definition) is 3. The average Bonchev–Trinajstić information content (AvgIpc) is 2.81. The predicted octanol–water partition coefficient (Wildman–Crippen LogP) is 3.42. The van der Waals surface area contributed by atoms with Gasteiger partial charge in [-0.2, -0.15) is 0 Å². The summed E-state index contributed by atoms with van der Waals surface area (Å²) in [7, 11) is 0. The highest BCUT2D eigenvalue weighted by atomic mass is 16.3. The van der Waals surface area contributed by atoms with E-state index in [1.54, 1.807) is 12.5 Å². The Kier molecular flexibility index (Phi) is 3.77. The summed E-state index contributed by atoms with van der Waals surface area (Å²) in [6.45, 7) is 6.40. The lowest BCUT2D eigenvalue weighted by molar-refractivity contribution is -0.148. The van der Waals surface area contributed by atoms with Crippen LogP contribution < -0.4 is 0 Å². The second-order valence-electron chi connectivity index (χ2n) is 9.75. The third-order valence-corrected chi connectivity index (χ3v) is 8.91. The molecular weight excluding hydrogens is 300 g/mol. The van der Waals surface area contributed by atoms with Crippen LogP contribution in [-0.2, 0) is 0 Å². The molecule has 0 aromatic heterocycles. The van der Waals surface area contributed by atoms with Crippen LogP contribution in [0.2, 0.25) is 0 Å². The number of rotatable bonds is 1. The Balaban J connectivity index is 1.70. The number of allylic oxidation sites excluding steroid dienone is 2. The van der Waals surface area contributed by atoms with Gasteiger partial charge in [-0.25, -0.2) is 0 Å². The third kappa shape index (κ3) is 2.01. The molecule has 0 aromatic carbocycles. The van der Waals surface area contributed by atoms with Crippen LogP contribution in [0.5, 0.6) is 0 Å². The summed E-state index contributed by atoms with van der Waals surface area (Å²) in [4.78, 5) is 0. The molecular formula is C21H34O3. The van der Waals surface area contributed by atoms with Crippen molar-refractivity contribution in [1.29, 1.82) is 0 Å². The van der Waals surface area contributed by atoms with Gasteiger partial charge in [-0.05, 0) is 81.5 Å². The van der Waals surface area contributed by atoms with Crippen LogP contribution in [0.4, 0.5) is 0 Å². The van der Waals surface area contributed by atoms with Gasteiger partial charge in [0.1, 0.15) is 0 Å². The molecule has 1 unspecified atom stereocenters. The summed E-state index contributed by atoms with van der Waals surface area (Å²) in [6.07, 6.45) is 9.68. The summed E-state index contributed by atoms with van der Waals surface area (Å²) in [6, 6.07) is 0. The van der Waals surface area contributed by atoms with Gasteiger partial charge in [-0.1, -0.05) is 25.5 Å². The molecule has 0 amide bonds. The molecule has 3 nitrogen and oxygen atoms in total. The van der Waals surface area contributed by atoms with E-state index < -0.39 is 11.7 Å². The fourth-order valence-corrected chi connectivity index (χ4v) is 7.24. The molecule has 8 atom stereocenters. The van der Waals surface area contributed by atoms with Gasteiger partial charge in [0.2, 0.25) is 0 Å². The minimum Gasteiger partial charge on any atom is -0.393 e. The average molecular weight is 335 g/mol. The molecule has 24 heavy (non-hydrogen) atoms. The number of hydrogen-bond donors (Lipinski definition) is 3. The first-order valence-electron chi connectivity index (χ1n) is 10.0. The molecule has 0 heterocycles. The van der Waals surface area contributed by atoms with Gasteiger partial charge in [0.05, 0.1) is 17.8 Å². The van der Waals surface area contributed by atoms with Crippen molar-refractivity contribution in [3.8, 4) is 0 Å². The molecule has 0 bridgehead atoms. The molecule has 0 aromatic rings. The fraction of sp³-hybridized carbons (Fsp3) is 0.905. The van der Waals surface area contributed by atoms with E-state index >= 15 is 0 Å². The van der Waals surface area contributed by atoms with Crippen LogP contribution in [0.25, 0.3) is 0 Å². The van der Waals surface area contributed by atoms with Gasteiger partial charge in [-0.15, -0.1) is 0 Å². The van der Waals surface area contributed by atoms with E-state index in [1.165, 1.54) is 12.8 Å². The number of fused-ring (bicyclic) bond motifs is 5. The van der Waals surface area contributed by atoms with Crippen molar-refractivity contribution in [2.24, 2.45) is 28.6 Å². The minimum absolute atomic E-state index is 0.110. The largest absolute Gasteiger partial charge is 0.393 e. The zero-order valence-electron chi connectivity index (χ0n) is 15.5. The van der Waals surface area contributed by atoms with Crippen LogP contribution in [0.15, 0.2) is 11.6 Å². The van der Waals surface area contributed by atoms with E-state index in [1.807, 2.05) is 0 Å². The van der Waals surface area contributed by atoms with E-state index in [2.05, 4.69) is 19.9 Å². The first kappa shape index (κ1) is 17.1. The summed E-state index contributed by atoms with van der Waals surface area (Å²) in [5, 5.41) is 31.6. The van der Waals surface area contributed by atoms with Crippen LogP contribution >= 0.6 is 0 Å². The molecule has 4 aliphatic carbocycles. The lowest BCUT2D eigenvalue weighted by Crippen LogP contribution is -2.56. The molecule has 3 N–H and O–H groups in total. The molecule has 4 aliphatic rings.